The first-order chi connectivity index (χ1) is 17.3. The van der Waals surface area contributed by atoms with Crippen molar-refractivity contribution in [2.45, 2.75) is 58.5 Å². The van der Waals surface area contributed by atoms with Crippen LogP contribution in [0.2, 0.25) is 0 Å². The monoisotopic (exact) mass is 491 g/mol. The van der Waals surface area contributed by atoms with Gasteiger partial charge in [-0.3, -0.25) is 9.59 Å². The number of nitrogens with one attached hydrogen (secondary N) is 1. The number of aliphatic hydroxyl groups is 1. The normalized spacial score (nSPS) is 17.3. The molecule has 0 unspecified atom stereocenters. The van der Waals surface area contributed by atoms with Crippen molar-refractivity contribution >= 4 is 11.8 Å². The molecule has 2 aromatic heterocycles. The number of carbonyl (C=O) groups excluding carboxylic acids is 2. The summed E-state index contributed by atoms with van der Waals surface area (Å²) in [4.78, 5) is 36.8. The minimum atomic E-state index is -0.597. The van der Waals surface area contributed by atoms with Crippen molar-refractivity contribution in [3.05, 3.63) is 65.6 Å². The molecule has 190 valence electrons. The second-order valence-electron chi connectivity index (χ2n) is 9.67. The molecule has 3 heterocycles. The third-order valence-corrected chi connectivity index (χ3v) is 6.76. The van der Waals surface area contributed by atoms with Crippen LogP contribution in [0.1, 0.15) is 61.4 Å². The van der Waals surface area contributed by atoms with Gasteiger partial charge in [-0.2, -0.15) is 0 Å². The summed E-state index contributed by atoms with van der Waals surface area (Å²) in [5.74, 6) is -0.412. The fraction of sp³-hybridized carbons (Fsp3) is 0.444. The van der Waals surface area contributed by atoms with E-state index in [1.165, 1.54) is 6.33 Å². The first-order valence-electron chi connectivity index (χ1n) is 12.3. The van der Waals surface area contributed by atoms with Gasteiger partial charge in [-0.15, -0.1) is 0 Å². The molecule has 0 saturated carbocycles. The maximum absolute atomic E-state index is 13.5. The van der Waals surface area contributed by atoms with Crippen molar-refractivity contribution in [1.82, 2.24) is 25.3 Å². The van der Waals surface area contributed by atoms with Crippen molar-refractivity contribution in [2.75, 3.05) is 13.2 Å². The lowest BCUT2D eigenvalue weighted by molar-refractivity contribution is -0.141. The second-order valence-corrected chi connectivity index (χ2v) is 9.67. The number of carbonyl (C=O) groups is 2. The van der Waals surface area contributed by atoms with Crippen molar-refractivity contribution in [3.8, 4) is 11.1 Å². The maximum atomic E-state index is 13.5. The van der Waals surface area contributed by atoms with E-state index in [1.807, 2.05) is 52.0 Å². The summed E-state index contributed by atoms with van der Waals surface area (Å²) in [5, 5.41) is 16.9. The Labute approximate surface area is 210 Å². The summed E-state index contributed by atoms with van der Waals surface area (Å²) in [7, 11) is 0. The predicted octanol–water partition coefficient (Wildman–Crippen LogP) is 3.33. The van der Waals surface area contributed by atoms with E-state index in [2.05, 4.69) is 20.4 Å². The zero-order valence-corrected chi connectivity index (χ0v) is 21.1. The van der Waals surface area contributed by atoms with Gasteiger partial charge >= 0.3 is 0 Å². The fourth-order valence-electron chi connectivity index (χ4n) is 4.82. The molecule has 0 spiro atoms. The summed E-state index contributed by atoms with van der Waals surface area (Å²) in [6.07, 6.45) is 4.58. The molecule has 9 heteroatoms. The lowest BCUT2D eigenvalue weighted by atomic mass is 9.91. The highest BCUT2D eigenvalue weighted by atomic mass is 16.5. The number of aromatic nitrogens is 3. The summed E-state index contributed by atoms with van der Waals surface area (Å²) in [6.45, 7) is 7.90. The quantitative estimate of drug-likeness (QED) is 0.496. The Kier molecular flexibility index (Phi) is 7.79. The van der Waals surface area contributed by atoms with Gasteiger partial charge in [0, 0.05) is 30.1 Å². The summed E-state index contributed by atoms with van der Waals surface area (Å²) in [6, 6.07) is 8.20. The van der Waals surface area contributed by atoms with Gasteiger partial charge in [0.25, 0.3) is 0 Å². The second kappa shape index (κ2) is 11.0. The van der Waals surface area contributed by atoms with Crippen LogP contribution in [-0.4, -0.2) is 56.1 Å². The molecule has 1 saturated heterocycles. The third kappa shape index (κ3) is 5.31. The molecular weight excluding hydrogens is 458 g/mol. The van der Waals surface area contributed by atoms with Gasteiger partial charge in [0.1, 0.15) is 24.0 Å². The summed E-state index contributed by atoms with van der Waals surface area (Å²) in [5.41, 5.74) is 4.24. The highest BCUT2D eigenvalue weighted by Gasteiger charge is 2.40. The Bertz CT molecular complexity index is 1210. The van der Waals surface area contributed by atoms with Crippen LogP contribution >= 0.6 is 0 Å². The highest BCUT2D eigenvalue weighted by molar-refractivity contribution is 5.91. The van der Waals surface area contributed by atoms with Crippen LogP contribution in [-0.2, 0) is 9.59 Å². The van der Waals surface area contributed by atoms with Gasteiger partial charge in [-0.1, -0.05) is 43.3 Å². The van der Waals surface area contributed by atoms with Crippen molar-refractivity contribution < 1.29 is 19.2 Å². The lowest BCUT2D eigenvalue weighted by Gasteiger charge is -2.30. The zero-order valence-electron chi connectivity index (χ0n) is 21.1. The van der Waals surface area contributed by atoms with Crippen molar-refractivity contribution in [3.63, 3.8) is 0 Å². The number of benzene rings is 1. The molecule has 1 aliphatic heterocycles. The fourth-order valence-corrected chi connectivity index (χ4v) is 4.82. The molecule has 1 aromatic carbocycles. The largest absolute Gasteiger partial charge is 0.394 e. The van der Waals surface area contributed by atoms with E-state index in [0.717, 1.165) is 28.8 Å². The average Bonchev–Trinajstić information content (AvgIpc) is 3.52. The Hall–Kier alpha value is -3.59. The number of rotatable bonds is 8. The molecule has 1 fully saturated rings. The van der Waals surface area contributed by atoms with Crippen LogP contribution in [0.15, 0.2) is 47.4 Å². The van der Waals surface area contributed by atoms with E-state index < -0.39 is 18.0 Å². The zero-order chi connectivity index (χ0) is 25.8. The minimum Gasteiger partial charge on any atom is -0.394 e. The smallest absolute Gasteiger partial charge is 0.243 e. The van der Waals surface area contributed by atoms with E-state index in [-0.39, 0.29) is 24.3 Å². The molecule has 3 atom stereocenters. The van der Waals surface area contributed by atoms with Gasteiger partial charge in [-0.25, -0.2) is 9.97 Å². The number of amides is 2. The van der Waals surface area contributed by atoms with Crippen molar-refractivity contribution in [1.29, 1.82) is 0 Å². The molecule has 36 heavy (non-hydrogen) atoms. The van der Waals surface area contributed by atoms with Crippen LogP contribution in [0.3, 0.4) is 0 Å². The standard InChI is InChI=1S/C27H33N5O4/c1-16(2)25(24-12-17(3)31-36-24)27(35)32-11-5-6-23(32)26(34)30-22(14-33)20-9-7-19(8-10-20)21-13-28-15-29-18(21)4/h7-10,12-13,15-16,22-23,25,33H,5-6,11,14H2,1-4H3,(H,30,34)/t22-,23-,25+/m0/s1. The summed E-state index contributed by atoms with van der Waals surface area (Å²) < 4.78 is 5.41. The molecule has 0 radical (unpaired) electrons. The lowest BCUT2D eigenvalue weighted by Crippen LogP contribution is -2.49. The topological polar surface area (TPSA) is 121 Å². The number of aryl methyl sites for hydroxylation is 2. The van der Waals surface area contributed by atoms with E-state index in [1.54, 1.807) is 17.2 Å². The third-order valence-electron chi connectivity index (χ3n) is 6.76. The molecular formula is C27H33N5O4. The number of aliphatic hydroxyl groups excluding tert-OH is 1. The SMILES string of the molecule is Cc1cc([C@H](C(=O)N2CCC[C@H]2C(=O)N[C@@H](CO)c2ccc(-c3cncnc3C)cc2)C(C)C)on1. The van der Waals surface area contributed by atoms with Crippen LogP contribution in [0.25, 0.3) is 11.1 Å². The van der Waals surface area contributed by atoms with Crippen LogP contribution in [0, 0.1) is 19.8 Å². The number of hydrogen-bond donors (Lipinski definition) is 2. The molecule has 2 N–H and O–H groups in total. The van der Waals surface area contributed by atoms with Gasteiger partial charge in [-0.05, 0) is 43.7 Å². The molecule has 0 bridgehead atoms. The molecule has 2 amide bonds. The Morgan fingerprint density at radius 3 is 2.58 bits per heavy atom. The van der Waals surface area contributed by atoms with Gasteiger partial charge in [0.05, 0.1) is 18.3 Å². The van der Waals surface area contributed by atoms with E-state index >= 15 is 0 Å². The minimum absolute atomic E-state index is 0.0171. The van der Waals surface area contributed by atoms with Crippen molar-refractivity contribution in [2.24, 2.45) is 5.92 Å². The molecule has 9 nitrogen and oxygen atoms in total. The van der Waals surface area contributed by atoms with Crippen LogP contribution in [0.5, 0.6) is 0 Å². The van der Waals surface area contributed by atoms with Crippen LogP contribution < -0.4 is 5.32 Å². The van der Waals surface area contributed by atoms with Gasteiger partial charge in [0.2, 0.25) is 11.8 Å². The van der Waals surface area contributed by atoms with Gasteiger partial charge in [0.15, 0.2) is 0 Å². The van der Waals surface area contributed by atoms with Gasteiger partial charge < -0.3 is 19.8 Å². The van der Waals surface area contributed by atoms with E-state index in [0.29, 0.717) is 24.4 Å². The van der Waals surface area contributed by atoms with Crippen LogP contribution in [0.4, 0.5) is 0 Å². The predicted molar refractivity (Wildman–Crippen MR) is 134 cm³/mol. The Morgan fingerprint density at radius 1 is 1.22 bits per heavy atom. The molecule has 0 aliphatic carbocycles. The van der Waals surface area contributed by atoms with E-state index in [4.69, 9.17) is 4.52 Å². The highest BCUT2D eigenvalue weighted by Crippen LogP contribution is 2.31. The Balaban J connectivity index is 1.48. The maximum Gasteiger partial charge on any atom is 0.243 e. The first kappa shape index (κ1) is 25.5. The molecule has 4 rings (SSSR count). The molecule has 3 aromatic rings. The average molecular weight is 492 g/mol. The van der Waals surface area contributed by atoms with E-state index in [9.17, 15) is 14.7 Å². The Morgan fingerprint density at radius 2 is 1.97 bits per heavy atom. The number of nitrogens with zero attached hydrogens (tertiary/aromatic N) is 4. The summed E-state index contributed by atoms with van der Waals surface area (Å²) >= 11 is 0. The number of hydrogen-bond acceptors (Lipinski definition) is 7. The molecule has 1 aliphatic rings. The number of likely N-dealkylation sites (tertiary alicyclic amines) is 1. The first-order valence-corrected chi connectivity index (χ1v) is 12.3.